The summed E-state index contributed by atoms with van der Waals surface area (Å²) in [6.45, 7) is 0. The van der Waals surface area contributed by atoms with Crippen LogP contribution in [0.5, 0.6) is 0 Å². The minimum absolute atomic E-state index is 0.0889. The molecule has 2 amide bonds. The van der Waals surface area contributed by atoms with Crippen molar-refractivity contribution in [2.24, 2.45) is 5.73 Å². The van der Waals surface area contributed by atoms with Crippen molar-refractivity contribution in [3.8, 4) is 0 Å². The molecular formula is C11H12N6O5S. The predicted octanol–water partition coefficient (Wildman–Crippen LogP) is -1.43. The van der Waals surface area contributed by atoms with Crippen LogP contribution in [-0.4, -0.2) is 60.2 Å². The lowest BCUT2D eigenvalue weighted by Gasteiger charge is -2.54. The monoisotopic (exact) mass is 340 g/mol. The fourth-order valence-corrected chi connectivity index (χ4v) is 3.52. The first kappa shape index (κ1) is 15.3. The molecule has 5 N–H and O–H groups in total. The maximum absolute atomic E-state index is 12.3. The smallest absolute Gasteiger partial charge is 0.449 e. The molecule has 3 heterocycles. The lowest BCUT2D eigenvalue weighted by Crippen LogP contribution is -2.84. The number of hydrogen-bond donors (Lipinski definition) is 4. The number of fused-ring (bicyclic) bond motifs is 1. The summed E-state index contributed by atoms with van der Waals surface area (Å²) in [6.07, 6.45) is 1.23. The molecule has 1 fully saturated rings. The van der Waals surface area contributed by atoms with Crippen molar-refractivity contribution in [3.63, 3.8) is 0 Å². The number of thioether (sulfide) groups is 1. The van der Waals surface area contributed by atoms with Crippen LogP contribution in [0.25, 0.3) is 0 Å². The number of β-lactam (4-membered cyclic amide) rings is 1. The van der Waals surface area contributed by atoms with E-state index in [4.69, 9.17) is 10.8 Å². The number of nitrogens with two attached hydrogens (primary N) is 1. The van der Waals surface area contributed by atoms with Gasteiger partial charge in [-0.05, 0) is 6.08 Å². The highest BCUT2D eigenvalue weighted by Crippen LogP contribution is 2.41. The van der Waals surface area contributed by atoms with Gasteiger partial charge in [0.25, 0.3) is 5.91 Å². The van der Waals surface area contributed by atoms with Crippen molar-refractivity contribution < 1.29 is 24.2 Å². The normalized spacial score (nSPS) is 26.0. The number of H-pyrrole nitrogens is 1. The number of carboxylic acid groups (broad SMARTS) is 1. The molecule has 1 aromatic heterocycles. The van der Waals surface area contributed by atoms with Crippen LogP contribution >= 0.6 is 11.8 Å². The van der Waals surface area contributed by atoms with E-state index in [9.17, 15) is 14.4 Å². The molecule has 0 spiro atoms. The van der Waals surface area contributed by atoms with Crippen LogP contribution in [-0.2, 0) is 20.7 Å². The molecule has 2 aliphatic heterocycles. The fourth-order valence-electron chi connectivity index (χ4n) is 2.32. The first-order valence-corrected chi connectivity index (χ1v) is 7.47. The highest BCUT2D eigenvalue weighted by atomic mass is 32.2. The van der Waals surface area contributed by atoms with Gasteiger partial charge >= 0.3 is 6.16 Å². The Balaban J connectivity index is 1.69. The standard InChI is InChI=1S/C11H12N6O5S/c12-11(14-6(18)3-5-4-13-16-15-5)8(19)17-7(22-10(20)21)1-2-23-9(11)17/h1,4,9H,2-3,12H2,(H,14,18)(H,20,21)(H,13,15,16)/t9-,11-/m0/s1. The Kier molecular flexibility index (Phi) is 3.69. The van der Waals surface area contributed by atoms with E-state index in [0.717, 1.165) is 4.90 Å². The van der Waals surface area contributed by atoms with Crippen LogP contribution in [0.1, 0.15) is 5.69 Å². The number of hydrogen-bond acceptors (Lipinski definition) is 8. The number of aromatic amines is 1. The highest BCUT2D eigenvalue weighted by molar-refractivity contribution is 8.00. The molecule has 1 aromatic rings. The Labute approximate surface area is 133 Å². The van der Waals surface area contributed by atoms with E-state index < -0.39 is 29.0 Å². The van der Waals surface area contributed by atoms with Gasteiger partial charge in [0.15, 0.2) is 0 Å². The first-order valence-electron chi connectivity index (χ1n) is 6.42. The quantitative estimate of drug-likeness (QED) is 0.292. The number of carbonyl (C=O) groups excluding carboxylic acids is 2. The maximum atomic E-state index is 12.3. The van der Waals surface area contributed by atoms with E-state index >= 15 is 0 Å². The van der Waals surface area contributed by atoms with Gasteiger partial charge in [-0.25, -0.2) is 4.79 Å². The van der Waals surface area contributed by atoms with Gasteiger partial charge in [-0.1, -0.05) is 0 Å². The summed E-state index contributed by atoms with van der Waals surface area (Å²) < 4.78 is 4.56. The molecule has 2 aliphatic rings. The average molecular weight is 340 g/mol. The Hall–Kier alpha value is -2.60. The van der Waals surface area contributed by atoms with Crippen LogP contribution in [0.2, 0.25) is 0 Å². The van der Waals surface area contributed by atoms with Gasteiger partial charge in [-0.3, -0.25) is 20.2 Å². The molecule has 3 rings (SSSR count). The minimum Gasteiger partial charge on any atom is -0.449 e. The topological polar surface area (TPSA) is 164 Å². The van der Waals surface area contributed by atoms with E-state index in [-0.39, 0.29) is 12.3 Å². The highest BCUT2D eigenvalue weighted by Gasteiger charge is 2.62. The van der Waals surface area contributed by atoms with Crippen LogP contribution in [0.3, 0.4) is 0 Å². The summed E-state index contributed by atoms with van der Waals surface area (Å²) in [5, 5.41) is 20.2. The number of nitrogens with one attached hydrogen (secondary N) is 2. The van der Waals surface area contributed by atoms with Crippen molar-refractivity contribution >= 4 is 29.7 Å². The zero-order chi connectivity index (χ0) is 16.6. The lowest BCUT2D eigenvalue weighted by molar-refractivity contribution is -0.158. The van der Waals surface area contributed by atoms with Gasteiger partial charge in [-0.2, -0.15) is 15.4 Å². The van der Waals surface area contributed by atoms with Crippen molar-refractivity contribution in [1.82, 2.24) is 25.6 Å². The second kappa shape index (κ2) is 5.55. The summed E-state index contributed by atoms with van der Waals surface area (Å²) in [5.41, 5.74) is 4.79. The minimum atomic E-state index is -1.62. The van der Waals surface area contributed by atoms with Crippen molar-refractivity contribution in [2.45, 2.75) is 17.5 Å². The summed E-state index contributed by atoms with van der Waals surface area (Å²) in [6, 6.07) is 0. The average Bonchev–Trinajstić information content (AvgIpc) is 2.98. The molecular weight excluding hydrogens is 328 g/mol. The summed E-state index contributed by atoms with van der Waals surface area (Å²) >= 11 is 1.29. The van der Waals surface area contributed by atoms with Gasteiger partial charge in [0.05, 0.1) is 18.3 Å². The third kappa shape index (κ3) is 2.61. The van der Waals surface area contributed by atoms with E-state index in [0.29, 0.717) is 11.4 Å². The van der Waals surface area contributed by atoms with E-state index in [1.165, 1.54) is 24.0 Å². The number of amides is 2. The number of carbonyl (C=O) groups is 3. The van der Waals surface area contributed by atoms with E-state index in [1.807, 2.05) is 0 Å². The first-order chi connectivity index (χ1) is 10.9. The zero-order valence-electron chi connectivity index (χ0n) is 11.6. The summed E-state index contributed by atoms with van der Waals surface area (Å²) in [4.78, 5) is 36.0. The number of ether oxygens (including phenoxy) is 1. The molecule has 0 aromatic carbocycles. The molecule has 11 nitrogen and oxygen atoms in total. The fraction of sp³-hybridized carbons (Fsp3) is 0.364. The largest absolute Gasteiger partial charge is 0.512 e. The van der Waals surface area contributed by atoms with Crippen molar-refractivity contribution in [1.29, 1.82) is 0 Å². The third-order valence-corrected chi connectivity index (χ3v) is 4.55. The second-order valence-corrected chi connectivity index (χ2v) is 5.94. The Bertz CT molecular complexity index is 691. The molecule has 23 heavy (non-hydrogen) atoms. The summed E-state index contributed by atoms with van der Waals surface area (Å²) in [7, 11) is 0. The van der Waals surface area contributed by atoms with Crippen molar-refractivity contribution in [2.75, 3.05) is 5.75 Å². The molecule has 0 radical (unpaired) electrons. The van der Waals surface area contributed by atoms with Crippen LogP contribution in [0.4, 0.5) is 4.79 Å². The SMILES string of the molecule is N[C@]1(NC(=O)Cc2cn[nH]n2)C(=O)N2C(OC(=O)O)=CCS[C@H]21. The van der Waals surface area contributed by atoms with E-state index in [1.54, 1.807) is 0 Å². The molecule has 12 heteroatoms. The molecule has 1 saturated heterocycles. The second-order valence-electron chi connectivity index (χ2n) is 4.83. The number of rotatable bonds is 4. The Morgan fingerprint density at radius 2 is 2.43 bits per heavy atom. The number of aromatic nitrogens is 3. The van der Waals surface area contributed by atoms with E-state index in [2.05, 4.69) is 25.5 Å². The van der Waals surface area contributed by atoms with Gasteiger partial charge < -0.3 is 15.2 Å². The van der Waals surface area contributed by atoms with Crippen LogP contribution < -0.4 is 11.1 Å². The Morgan fingerprint density at radius 3 is 3.09 bits per heavy atom. The number of nitrogens with zero attached hydrogens (tertiary/aromatic N) is 3. The molecule has 122 valence electrons. The predicted molar refractivity (Wildman–Crippen MR) is 75.4 cm³/mol. The molecule has 0 aliphatic carbocycles. The van der Waals surface area contributed by atoms with Crippen molar-refractivity contribution in [3.05, 3.63) is 23.8 Å². The maximum Gasteiger partial charge on any atom is 0.512 e. The van der Waals surface area contributed by atoms with Gasteiger partial charge in [0, 0.05) is 5.75 Å². The molecule has 2 atom stereocenters. The van der Waals surface area contributed by atoms with Gasteiger partial charge in [-0.15, -0.1) is 11.8 Å². The van der Waals surface area contributed by atoms with Crippen LogP contribution in [0, 0.1) is 0 Å². The molecule has 0 bridgehead atoms. The van der Waals surface area contributed by atoms with Crippen LogP contribution in [0.15, 0.2) is 18.2 Å². The zero-order valence-corrected chi connectivity index (χ0v) is 12.4. The third-order valence-electron chi connectivity index (χ3n) is 3.29. The molecule has 0 unspecified atom stereocenters. The summed E-state index contributed by atoms with van der Waals surface area (Å²) in [5.74, 6) is -0.839. The van der Waals surface area contributed by atoms with Gasteiger partial charge in [0.2, 0.25) is 17.5 Å². The lowest BCUT2D eigenvalue weighted by atomic mass is 9.98. The van der Waals surface area contributed by atoms with Gasteiger partial charge in [0.1, 0.15) is 5.37 Å². The Morgan fingerprint density at radius 1 is 1.65 bits per heavy atom. The molecule has 0 saturated carbocycles.